The van der Waals surface area contributed by atoms with Gasteiger partial charge in [0, 0.05) is 44.5 Å². The van der Waals surface area contributed by atoms with Gasteiger partial charge in [0.15, 0.2) is 11.6 Å². The zero-order valence-electron chi connectivity index (χ0n) is 22.8. The summed E-state index contributed by atoms with van der Waals surface area (Å²) in [5, 5.41) is 7.64. The summed E-state index contributed by atoms with van der Waals surface area (Å²) in [4.78, 5) is 27.5. The van der Waals surface area contributed by atoms with Gasteiger partial charge in [-0.05, 0) is 122 Å². The van der Waals surface area contributed by atoms with Crippen LogP contribution in [0.1, 0.15) is 101 Å². The van der Waals surface area contributed by atoms with Crippen LogP contribution in [0.3, 0.4) is 0 Å². The van der Waals surface area contributed by atoms with E-state index in [9.17, 15) is 9.59 Å². The van der Waals surface area contributed by atoms with Crippen molar-refractivity contribution in [2.45, 2.75) is 70.1 Å². The highest BCUT2D eigenvalue weighted by atomic mass is 16.1. The molecule has 6 aliphatic carbocycles. The summed E-state index contributed by atoms with van der Waals surface area (Å²) in [6.07, 6.45) is 8.59. The summed E-state index contributed by atoms with van der Waals surface area (Å²) in [6, 6.07) is 18.4. The minimum Gasteiger partial charge on any atom is -0.308 e. The molecule has 2 heterocycles. The lowest BCUT2D eigenvalue weighted by Crippen LogP contribution is -2.15. The van der Waals surface area contributed by atoms with Crippen molar-refractivity contribution >= 4 is 60.4 Å². The number of hydrogen-bond donors (Lipinski definition) is 0. The van der Waals surface area contributed by atoms with Crippen molar-refractivity contribution in [2.24, 2.45) is 11.8 Å². The molecule has 12 rings (SSSR count). The Labute approximate surface area is 232 Å². The number of rotatable bonds is 0. The summed E-state index contributed by atoms with van der Waals surface area (Å²) < 4.78 is 2.41. The van der Waals surface area contributed by atoms with Crippen molar-refractivity contribution in [1.29, 1.82) is 0 Å². The number of benzene rings is 4. The van der Waals surface area contributed by atoms with Crippen molar-refractivity contribution in [3.05, 3.63) is 76.3 Å². The Morgan fingerprint density at radius 2 is 1.12 bits per heavy atom. The maximum absolute atomic E-state index is 13.8. The topological polar surface area (TPSA) is 38.5 Å². The number of carbonyl (C=O) groups excluding carboxylic acids is 2. The van der Waals surface area contributed by atoms with Crippen LogP contribution in [0.25, 0.3) is 48.9 Å². The first kappa shape index (κ1) is 22.0. The first-order valence-electron chi connectivity index (χ1n) is 15.4. The summed E-state index contributed by atoms with van der Waals surface area (Å²) >= 11 is 0. The Morgan fingerprint density at radius 3 is 1.75 bits per heavy atom. The van der Waals surface area contributed by atoms with Crippen LogP contribution in [0.4, 0.5) is 0 Å². The largest absolute Gasteiger partial charge is 0.308 e. The number of aromatic nitrogens is 1. The van der Waals surface area contributed by atoms with Crippen molar-refractivity contribution in [3.8, 4) is 0 Å². The minimum absolute atomic E-state index is 0.174. The number of nitrogens with zero attached hydrogens (tertiary/aromatic N) is 1. The molecule has 6 aliphatic rings. The number of ketones is 2. The number of hydrogen-bond acceptors (Lipinski definition) is 2. The molecular weight excluding hydrogens is 490 g/mol. The molecule has 3 nitrogen and oxygen atoms in total. The van der Waals surface area contributed by atoms with Crippen molar-refractivity contribution in [1.82, 2.24) is 4.40 Å². The monoisotopic (exact) mass is 521 g/mol. The van der Waals surface area contributed by atoms with Gasteiger partial charge >= 0.3 is 0 Å². The number of aryl methyl sites for hydroxylation is 1. The molecule has 40 heavy (non-hydrogen) atoms. The van der Waals surface area contributed by atoms with Crippen LogP contribution in [0.2, 0.25) is 0 Å². The average molecular weight is 522 g/mol. The van der Waals surface area contributed by atoms with Gasteiger partial charge in [0.05, 0.1) is 16.6 Å². The molecule has 2 saturated carbocycles. The summed E-state index contributed by atoms with van der Waals surface area (Å²) in [7, 11) is 0. The molecule has 0 amide bonds. The number of fused-ring (bicyclic) bond motifs is 12. The zero-order valence-corrected chi connectivity index (χ0v) is 22.8. The molecule has 2 aromatic heterocycles. The quantitative estimate of drug-likeness (QED) is 0.200. The normalized spacial score (nSPS) is 25.9. The lowest BCUT2D eigenvalue weighted by atomic mass is 9.82. The Balaban J connectivity index is 1.42. The van der Waals surface area contributed by atoms with Gasteiger partial charge in [-0.3, -0.25) is 9.59 Å². The fraction of sp³-hybridized carbons (Fsp3) is 0.351. The summed E-state index contributed by atoms with van der Waals surface area (Å²) in [6.45, 7) is 2.17. The van der Waals surface area contributed by atoms with Gasteiger partial charge in [-0.15, -0.1) is 0 Å². The van der Waals surface area contributed by atoms with Crippen LogP contribution in [0.5, 0.6) is 0 Å². The van der Waals surface area contributed by atoms with Gasteiger partial charge in [0.2, 0.25) is 0 Å². The highest BCUT2D eigenvalue weighted by Gasteiger charge is 2.38. The molecule has 0 saturated heterocycles. The third kappa shape index (κ3) is 2.58. The molecule has 6 aromatic rings. The zero-order chi connectivity index (χ0) is 26.4. The van der Waals surface area contributed by atoms with E-state index in [0.717, 1.165) is 73.5 Å². The second-order valence-electron chi connectivity index (χ2n) is 13.4. The molecular formula is C37H31NO2. The molecule has 2 fully saturated rings. The molecule has 4 aromatic carbocycles. The molecule has 0 radical (unpaired) electrons. The van der Waals surface area contributed by atoms with Crippen molar-refractivity contribution in [2.75, 3.05) is 0 Å². The van der Waals surface area contributed by atoms with E-state index < -0.39 is 0 Å². The van der Waals surface area contributed by atoms with Crippen LogP contribution in [-0.2, 0) is 0 Å². The summed E-state index contributed by atoms with van der Waals surface area (Å²) in [5.41, 5.74) is 9.22. The Morgan fingerprint density at radius 1 is 0.575 bits per heavy atom. The van der Waals surface area contributed by atoms with Crippen molar-refractivity contribution < 1.29 is 9.59 Å². The molecule has 0 atom stereocenters. The standard InChI is InChI=1S/C37H31NO2/c1-18-2-11-24-23(12-18)13-28-27-14-25-19-3-7-21(8-4-19)36(39)29(25)16-32(27)38-33-17-30-26(15-31(33)34(24)35(28)38)20-5-9-22(10-6-20)37(30)40/h2,11-17,19-22H,3-10H2,1H3. The molecule has 196 valence electrons. The highest BCUT2D eigenvalue weighted by Crippen LogP contribution is 2.50. The third-order valence-corrected chi connectivity index (χ3v) is 11.5. The fourth-order valence-corrected chi connectivity index (χ4v) is 9.47. The maximum Gasteiger partial charge on any atom is 0.166 e. The SMILES string of the molecule is Cc1ccc2c(c1)cc1c3cc4c(cc3n3c5cc6c(cc5c2c13)C1CCC(CC1)C6=O)C(=O)C1CCC4CC1. The van der Waals surface area contributed by atoms with E-state index in [1.165, 1.54) is 54.5 Å². The van der Waals surface area contributed by atoms with Crippen LogP contribution in [0, 0.1) is 18.8 Å². The van der Waals surface area contributed by atoms with Gasteiger partial charge in [-0.1, -0.05) is 23.8 Å². The van der Waals surface area contributed by atoms with Gasteiger partial charge in [0.1, 0.15) is 0 Å². The second-order valence-corrected chi connectivity index (χ2v) is 13.4. The molecule has 4 bridgehead atoms. The average Bonchev–Trinajstić information content (AvgIpc) is 3.29. The Kier molecular flexibility index (Phi) is 4.03. The van der Waals surface area contributed by atoms with Crippen LogP contribution in [-0.4, -0.2) is 16.0 Å². The van der Waals surface area contributed by atoms with Gasteiger partial charge < -0.3 is 4.40 Å². The van der Waals surface area contributed by atoms with Gasteiger partial charge in [0.25, 0.3) is 0 Å². The highest BCUT2D eigenvalue weighted by molar-refractivity contribution is 6.32. The molecule has 0 unspecified atom stereocenters. The van der Waals surface area contributed by atoms with Gasteiger partial charge in [-0.2, -0.15) is 0 Å². The molecule has 0 spiro atoms. The van der Waals surface area contributed by atoms with E-state index in [1.807, 2.05) is 0 Å². The number of Topliss-reactive ketones (excluding diaryl/α,β-unsaturated/α-hetero) is 2. The molecule has 0 aliphatic heterocycles. The molecule has 3 heteroatoms. The van der Waals surface area contributed by atoms with Crippen LogP contribution < -0.4 is 0 Å². The Hall–Kier alpha value is -3.72. The van der Waals surface area contributed by atoms with E-state index in [4.69, 9.17) is 0 Å². The number of carbonyl (C=O) groups is 2. The van der Waals surface area contributed by atoms with E-state index in [0.29, 0.717) is 23.4 Å². The minimum atomic E-state index is 0.174. The Bertz CT molecular complexity index is 2130. The predicted molar refractivity (Wildman–Crippen MR) is 161 cm³/mol. The van der Waals surface area contributed by atoms with Crippen LogP contribution >= 0.6 is 0 Å². The first-order valence-corrected chi connectivity index (χ1v) is 15.4. The first-order chi connectivity index (χ1) is 19.5. The van der Waals surface area contributed by atoms with E-state index in [1.54, 1.807) is 0 Å². The van der Waals surface area contributed by atoms with Gasteiger partial charge in [-0.25, -0.2) is 0 Å². The second kappa shape index (κ2) is 7.32. The maximum atomic E-state index is 13.8. The van der Waals surface area contributed by atoms with E-state index in [-0.39, 0.29) is 11.8 Å². The predicted octanol–water partition coefficient (Wildman–Crippen LogP) is 9.24. The van der Waals surface area contributed by atoms with E-state index >= 15 is 0 Å². The summed E-state index contributed by atoms with van der Waals surface area (Å²) in [5.74, 6) is 2.02. The third-order valence-electron chi connectivity index (χ3n) is 11.5. The van der Waals surface area contributed by atoms with Crippen molar-refractivity contribution in [3.63, 3.8) is 0 Å². The smallest absolute Gasteiger partial charge is 0.166 e. The fourth-order valence-electron chi connectivity index (χ4n) is 9.47. The van der Waals surface area contributed by atoms with Crippen LogP contribution in [0.15, 0.2) is 48.5 Å². The lowest BCUT2D eigenvalue weighted by molar-refractivity contribution is 0.0891. The lowest BCUT2D eigenvalue weighted by Gasteiger charge is -2.22. The van der Waals surface area contributed by atoms with E-state index in [2.05, 4.69) is 59.9 Å². The molecule has 0 N–H and O–H groups in total.